The summed E-state index contributed by atoms with van der Waals surface area (Å²) in [5, 5.41) is 9.35. The minimum atomic E-state index is -0.352. The van der Waals surface area contributed by atoms with Crippen LogP contribution in [0.3, 0.4) is 0 Å². The van der Waals surface area contributed by atoms with Crippen molar-refractivity contribution in [3.8, 4) is 0 Å². The second-order valence-electron chi connectivity index (χ2n) is 2.86. The van der Waals surface area contributed by atoms with Crippen molar-refractivity contribution in [2.75, 3.05) is 0 Å². The van der Waals surface area contributed by atoms with Gasteiger partial charge in [-0.25, -0.2) is 0 Å². The molecule has 1 fully saturated rings. The van der Waals surface area contributed by atoms with Crippen LogP contribution in [0.25, 0.3) is 0 Å². The molecule has 0 aliphatic heterocycles. The molecule has 1 saturated carbocycles. The van der Waals surface area contributed by atoms with Crippen molar-refractivity contribution in [2.45, 2.75) is 38.2 Å². The van der Waals surface area contributed by atoms with Crippen molar-refractivity contribution in [3.63, 3.8) is 0 Å². The van der Waals surface area contributed by atoms with Crippen LogP contribution in [0.1, 0.15) is 32.6 Å². The van der Waals surface area contributed by atoms with Gasteiger partial charge in [-0.1, -0.05) is 12.8 Å². The third-order valence-electron chi connectivity index (χ3n) is 1.77. The first-order valence-electron chi connectivity index (χ1n) is 3.25. The van der Waals surface area contributed by atoms with Crippen LogP contribution in [-0.4, -0.2) is 10.7 Å². The van der Waals surface area contributed by atoms with Crippen LogP contribution in [0.15, 0.2) is 0 Å². The minimum absolute atomic E-state index is 0.352. The topological polar surface area (TPSA) is 20.2 Å². The molecule has 0 atom stereocenters. The van der Waals surface area contributed by atoms with Gasteiger partial charge in [0.2, 0.25) is 0 Å². The molecule has 0 radical (unpaired) electrons. The summed E-state index contributed by atoms with van der Waals surface area (Å²) < 4.78 is 0. The number of rotatable bonds is 0. The molecule has 0 aromatic heterocycles. The van der Waals surface area contributed by atoms with Crippen LogP contribution < -0.4 is 0 Å². The van der Waals surface area contributed by atoms with Crippen molar-refractivity contribution >= 4 is 0 Å². The van der Waals surface area contributed by atoms with Gasteiger partial charge in [0.15, 0.2) is 0 Å². The summed E-state index contributed by atoms with van der Waals surface area (Å²) in [7, 11) is 0. The van der Waals surface area contributed by atoms with Crippen molar-refractivity contribution in [1.82, 2.24) is 0 Å². The molecule has 1 N–H and O–H groups in total. The molecule has 0 bridgehead atoms. The first-order chi connectivity index (χ1) is 3.71. The van der Waals surface area contributed by atoms with E-state index < -0.39 is 0 Å². The van der Waals surface area contributed by atoms with Gasteiger partial charge in [0.05, 0.1) is 5.60 Å². The molecule has 0 heterocycles. The van der Waals surface area contributed by atoms with Gasteiger partial charge in [-0.05, 0) is 6.92 Å². The lowest BCUT2D eigenvalue weighted by Gasteiger charge is -2.32. The van der Waals surface area contributed by atoms with Gasteiger partial charge in [-0.15, -0.1) is 0 Å². The zero-order valence-electron chi connectivity index (χ0n) is 5.35. The van der Waals surface area contributed by atoms with Gasteiger partial charge in [0.25, 0.3) is 0 Å². The number of hydrogen-bond acceptors (Lipinski definition) is 1. The van der Waals surface area contributed by atoms with E-state index in [0.29, 0.717) is 0 Å². The van der Waals surface area contributed by atoms with E-state index in [-0.39, 0.29) is 5.60 Å². The van der Waals surface area contributed by atoms with Crippen LogP contribution in [0.5, 0.6) is 0 Å². The molecule has 1 heteroatoms. The molecule has 0 spiro atoms. The van der Waals surface area contributed by atoms with Gasteiger partial charge < -0.3 is 11.5 Å². The van der Waals surface area contributed by atoms with E-state index in [9.17, 15) is 5.11 Å². The average molecular weight is 113 g/mol. The molecule has 1 aliphatic rings. The van der Waals surface area contributed by atoms with Gasteiger partial charge in [0.1, 0.15) is 0 Å². The smallest absolute Gasteiger partial charge is 0.0571 e. The molecule has 0 aromatic carbocycles. The monoisotopic (exact) mass is 113 g/mol. The zero-order chi connectivity index (χ0) is 6.04. The summed E-state index contributed by atoms with van der Waals surface area (Å²) >= 11 is 0. The number of aliphatic hydroxyl groups is 1. The Hall–Kier alpha value is -0.0400. The highest BCUT2D eigenvalue weighted by atomic mass is 16.3. The lowest BCUT2D eigenvalue weighted by Crippen LogP contribution is -2.26. The van der Waals surface area contributed by atoms with Crippen LogP contribution >= 0.6 is 0 Å². The quantitative estimate of drug-likeness (QED) is 0.472. The Kier molecular flexibility index (Phi) is 1.57. The van der Waals surface area contributed by atoms with Crippen molar-refractivity contribution in [1.29, 1.82) is 0 Å². The largest absolute Gasteiger partial charge is 0.390 e. The SMILES string of the molecule is CC1(O)CC[CH-]CC1. The second-order valence-corrected chi connectivity index (χ2v) is 2.86. The summed E-state index contributed by atoms with van der Waals surface area (Å²) in [6, 6.07) is 0. The first-order valence-corrected chi connectivity index (χ1v) is 3.25. The van der Waals surface area contributed by atoms with E-state index in [4.69, 9.17) is 0 Å². The maximum atomic E-state index is 9.35. The zero-order valence-corrected chi connectivity index (χ0v) is 5.35. The van der Waals surface area contributed by atoms with E-state index in [1.165, 1.54) is 0 Å². The van der Waals surface area contributed by atoms with Gasteiger partial charge in [0, 0.05) is 0 Å². The summed E-state index contributed by atoms with van der Waals surface area (Å²) in [5.74, 6) is 0. The fraction of sp³-hybridized carbons (Fsp3) is 0.857. The molecule has 1 aliphatic carbocycles. The first kappa shape index (κ1) is 6.09. The van der Waals surface area contributed by atoms with Gasteiger partial charge in [-0.3, -0.25) is 0 Å². The Labute approximate surface area is 50.7 Å². The fourth-order valence-electron chi connectivity index (χ4n) is 1.10. The van der Waals surface area contributed by atoms with Crippen LogP contribution in [0.2, 0.25) is 0 Å². The lowest BCUT2D eigenvalue weighted by atomic mass is 9.87. The predicted molar refractivity (Wildman–Crippen MR) is 33.4 cm³/mol. The van der Waals surface area contributed by atoms with E-state index in [1.54, 1.807) is 0 Å². The molecule has 1 nitrogen and oxygen atoms in total. The van der Waals surface area contributed by atoms with Crippen LogP contribution in [0, 0.1) is 6.42 Å². The van der Waals surface area contributed by atoms with E-state index >= 15 is 0 Å². The highest BCUT2D eigenvalue weighted by Crippen LogP contribution is 2.25. The standard InChI is InChI=1S/C7H13O/c1-7(8)5-3-2-4-6-7/h2,8H,3-6H2,1H3/q-1. The lowest BCUT2D eigenvalue weighted by molar-refractivity contribution is 0.0318. The molecule has 0 aromatic rings. The maximum absolute atomic E-state index is 9.35. The molecule has 0 saturated heterocycles. The molecule has 8 heavy (non-hydrogen) atoms. The van der Waals surface area contributed by atoms with Crippen molar-refractivity contribution in [2.24, 2.45) is 0 Å². The molecule has 1 rings (SSSR count). The maximum Gasteiger partial charge on any atom is 0.0571 e. The highest BCUT2D eigenvalue weighted by molar-refractivity contribution is 4.84. The van der Waals surface area contributed by atoms with Crippen molar-refractivity contribution in [3.05, 3.63) is 6.42 Å². The number of hydrogen-bond donors (Lipinski definition) is 1. The predicted octanol–water partition coefficient (Wildman–Crippen LogP) is 1.52. The van der Waals surface area contributed by atoms with Crippen LogP contribution in [0.4, 0.5) is 0 Å². The van der Waals surface area contributed by atoms with Crippen molar-refractivity contribution < 1.29 is 5.11 Å². The molecule has 0 amide bonds. The summed E-state index contributed by atoms with van der Waals surface area (Å²) in [6.07, 6.45) is 6.33. The summed E-state index contributed by atoms with van der Waals surface area (Å²) in [6.45, 7) is 1.92. The average Bonchev–Trinajstić information content (AvgIpc) is 1.65. The van der Waals surface area contributed by atoms with E-state index in [1.807, 2.05) is 6.92 Å². The fourth-order valence-corrected chi connectivity index (χ4v) is 1.10. The Morgan fingerprint density at radius 3 is 2.12 bits per heavy atom. The third kappa shape index (κ3) is 1.48. The third-order valence-corrected chi connectivity index (χ3v) is 1.77. The summed E-state index contributed by atoms with van der Waals surface area (Å²) in [4.78, 5) is 0. The Morgan fingerprint density at radius 1 is 1.38 bits per heavy atom. The van der Waals surface area contributed by atoms with Crippen LogP contribution in [-0.2, 0) is 0 Å². The molecular formula is C7H13O-. The van der Waals surface area contributed by atoms with E-state index in [2.05, 4.69) is 6.42 Å². The molecule has 48 valence electrons. The second kappa shape index (κ2) is 2.06. The van der Waals surface area contributed by atoms with Gasteiger partial charge in [-0.2, -0.15) is 12.8 Å². The Balaban J connectivity index is 2.33. The normalized spacial score (nSPS) is 27.8. The van der Waals surface area contributed by atoms with Gasteiger partial charge >= 0.3 is 0 Å². The Morgan fingerprint density at radius 2 is 1.88 bits per heavy atom. The molecular weight excluding hydrogens is 100 g/mol. The highest BCUT2D eigenvalue weighted by Gasteiger charge is 2.17. The van der Waals surface area contributed by atoms with E-state index in [0.717, 1.165) is 25.7 Å². The molecule has 0 unspecified atom stereocenters. The minimum Gasteiger partial charge on any atom is -0.390 e. The summed E-state index contributed by atoms with van der Waals surface area (Å²) in [5.41, 5.74) is -0.352. The Bertz CT molecular complexity index is 68.5.